The van der Waals surface area contributed by atoms with Gasteiger partial charge in [-0.25, -0.2) is 4.98 Å². The Morgan fingerprint density at radius 3 is 3.04 bits per heavy atom. The third-order valence-corrected chi connectivity index (χ3v) is 8.52. The Morgan fingerprint density at radius 2 is 2.15 bits per heavy atom. The fourth-order valence-electron chi connectivity index (χ4n) is 5.04. The van der Waals surface area contributed by atoms with Gasteiger partial charge in [0.25, 0.3) is 5.56 Å². The van der Waals surface area contributed by atoms with Gasteiger partial charge < -0.3 is 9.88 Å². The Labute approximate surface area is 159 Å². The van der Waals surface area contributed by atoms with Gasteiger partial charge in [0, 0.05) is 27.7 Å². The van der Waals surface area contributed by atoms with Crippen molar-refractivity contribution in [1.82, 2.24) is 9.97 Å². The number of aromatic amines is 1. The third kappa shape index (κ3) is 2.35. The molecule has 26 heavy (non-hydrogen) atoms. The lowest BCUT2D eigenvalue weighted by Gasteiger charge is -2.32. The number of thiophene rings is 2. The van der Waals surface area contributed by atoms with Crippen molar-refractivity contribution in [3.8, 4) is 0 Å². The van der Waals surface area contributed by atoms with Crippen LogP contribution in [0.5, 0.6) is 0 Å². The molecule has 0 saturated heterocycles. The molecule has 2 aliphatic carbocycles. The number of rotatable bonds is 3. The number of aryl methyl sites for hydroxylation is 2. The second-order valence-electron chi connectivity index (χ2n) is 8.00. The normalized spacial score (nSPS) is 24.8. The van der Waals surface area contributed by atoms with Crippen LogP contribution in [0.1, 0.15) is 52.0 Å². The lowest BCUT2D eigenvalue weighted by molar-refractivity contribution is -0.950. The van der Waals surface area contributed by atoms with Gasteiger partial charge in [0.05, 0.1) is 11.9 Å². The molecular weight excluding hydrogens is 362 g/mol. The second kappa shape index (κ2) is 5.75. The molecule has 4 heterocycles. The number of fused-ring (bicyclic) bond motifs is 4. The Bertz CT molecular complexity index is 1060. The highest BCUT2D eigenvalue weighted by Crippen LogP contribution is 2.42. The van der Waals surface area contributed by atoms with Crippen molar-refractivity contribution in [2.75, 3.05) is 6.54 Å². The van der Waals surface area contributed by atoms with E-state index in [1.807, 2.05) is 11.3 Å². The van der Waals surface area contributed by atoms with Gasteiger partial charge in [-0.2, -0.15) is 0 Å². The van der Waals surface area contributed by atoms with Crippen LogP contribution >= 0.6 is 22.7 Å². The molecule has 0 radical (unpaired) electrons. The van der Waals surface area contributed by atoms with E-state index in [4.69, 9.17) is 4.98 Å². The zero-order valence-electron chi connectivity index (χ0n) is 14.6. The molecular formula is C20H22N3OS2+. The number of nitrogens with zero attached hydrogens (tertiary/aromatic N) is 1. The quantitative estimate of drug-likeness (QED) is 0.729. The molecule has 3 aliphatic rings. The van der Waals surface area contributed by atoms with Gasteiger partial charge in [-0.15, -0.1) is 22.7 Å². The molecule has 0 bridgehead atoms. The van der Waals surface area contributed by atoms with E-state index in [1.165, 1.54) is 29.7 Å². The van der Waals surface area contributed by atoms with Crippen molar-refractivity contribution < 1.29 is 4.90 Å². The summed E-state index contributed by atoms with van der Waals surface area (Å²) in [5.41, 5.74) is 2.92. The number of H-pyrrole nitrogens is 1. The molecule has 3 aromatic rings. The van der Waals surface area contributed by atoms with Crippen LogP contribution in [0, 0.1) is 5.92 Å². The predicted octanol–water partition coefficient (Wildman–Crippen LogP) is 2.63. The highest BCUT2D eigenvalue weighted by atomic mass is 32.1. The molecule has 2 N–H and O–H groups in total. The highest BCUT2D eigenvalue weighted by Gasteiger charge is 2.43. The third-order valence-electron chi connectivity index (χ3n) is 6.34. The van der Waals surface area contributed by atoms with Gasteiger partial charge in [-0.1, -0.05) is 0 Å². The topological polar surface area (TPSA) is 50.2 Å². The first-order chi connectivity index (χ1) is 12.8. The molecule has 1 unspecified atom stereocenters. The zero-order chi connectivity index (χ0) is 17.3. The van der Waals surface area contributed by atoms with Crippen LogP contribution in [-0.4, -0.2) is 16.5 Å². The number of aromatic nitrogens is 2. The molecule has 2 atom stereocenters. The van der Waals surface area contributed by atoms with Gasteiger partial charge in [-0.3, -0.25) is 4.79 Å². The maximum Gasteiger partial charge on any atom is 0.260 e. The van der Waals surface area contributed by atoms with Crippen LogP contribution in [-0.2, 0) is 25.8 Å². The largest absolute Gasteiger partial charge is 0.322 e. The Morgan fingerprint density at radius 1 is 1.23 bits per heavy atom. The molecule has 0 spiro atoms. The minimum atomic E-state index is 0.0833. The van der Waals surface area contributed by atoms with Gasteiger partial charge in [-0.05, 0) is 49.1 Å². The minimum Gasteiger partial charge on any atom is -0.322 e. The molecule has 0 amide bonds. The van der Waals surface area contributed by atoms with Crippen LogP contribution in [0.3, 0.4) is 0 Å². The summed E-state index contributed by atoms with van der Waals surface area (Å²) < 4.78 is 0. The molecule has 4 nitrogen and oxygen atoms in total. The van der Waals surface area contributed by atoms with Gasteiger partial charge in [0.15, 0.2) is 5.82 Å². The SMILES string of the molecule is O=c1[nH]c(C[NH+]2CCc3sccc3[C@@H]2C2CC2)nc2sc3c(c12)CCC3. The number of quaternary nitrogens is 1. The Kier molecular flexibility index (Phi) is 3.44. The molecule has 6 rings (SSSR count). The average Bonchev–Trinajstić information content (AvgIpc) is 3.02. The van der Waals surface area contributed by atoms with E-state index in [9.17, 15) is 4.79 Å². The van der Waals surface area contributed by atoms with Crippen molar-refractivity contribution in [2.45, 2.75) is 51.1 Å². The van der Waals surface area contributed by atoms with Crippen LogP contribution in [0.25, 0.3) is 10.2 Å². The Hall–Kier alpha value is -1.50. The first kappa shape index (κ1) is 15.5. The monoisotopic (exact) mass is 384 g/mol. The van der Waals surface area contributed by atoms with E-state index in [2.05, 4.69) is 16.4 Å². The fraction of sp³-hybridized carbons (Fsp3) is 0.500. The predicted molar refractivity (Wildman–Crippen MR) is 105 cm³/mol. The molecule has 134 valence electrons. The zero-order valence-corrected chi connectivity index (χ0v) is 16.3. The van der Waals surface area contributed by atoms with Crippen LogP contribution in [0.15, 0.2) is 16.2 Å². The van der Waals surface area contributed by atoms with Gasteiger partial charge in [0.2, 0.25) is 0 Å². The smallest absolute Gasteiger partial charge is 0.260 e. The number of hydrogen-bond donors (Lipinski definition) is 2. The van der Waals surface area contributed by atoms with Crippen molar-refractivity contribution in [3.63, 3.8) is 0 Å². The van der Waals surface area contributed by atoms with Gasteiger partial charge >= 0.3 is 0 Å². The van der Waals surface area contributed by atoms with Crippen LogP contribution in [0.4, 0.5) is 0 Å². The van der Waals surface area contributed by atoms with Gasteiger partial charge in [0.1, 0.15) is 17.4 Å². The second-order valence-corrected chi connectivity index (χ2v) is 10.1. The van der Waals surface area contributed by atoms with Crippen molar-refractivity contribution in [3.05, 3.63) is 48.5 Å². The molecule has 1 fully saturated rings. The van der Waals surface area contributed by atoms with E-state index in [1.54, 1.807) is 26.7 Å². The highest BCUT2D eigenvalue weighted by molar-refractivity contribution is 7.18. The number of nitrogens with one attached hydrogen (secondary N) is 2. The average molecular weight is 385 g/mol. The summed E-state index contributed by atoms with van der Waals surface area (Å²) in [5.74, 6) is 1.70. The lowest BCUT2D eigenvalue weighted by Crippen LogP contribution is -3.12. The van der Waals surface area contributed by atoms with E-state index in [0.717, 1.165) is 54.3 Å². The number of hydrogen-bond acceptors (Lipinski definition) is 4. The summed E-state index contributed by atoms with van der Waals surface area (Å²) in [6.45, 7) is 1.99. The first-order valence-electron chi connectivity index (χ1n) is 9.72. The molecule has 1 saturated carbocycles. The molecule has 0 aromatic carbocycles. The van der Waals surface area contributed by atoms with Crippen LogP contribution in [0.2, 0.25) is 0 Å². The van der Waals surface area contributed by atoms with Crippen molar-refractivity contribution in [1.29, 1.82) is 0 Å². The molecule has 1 aliphatic heterocycles. The summed E-state index contributed by atoms with van der Waals surface area (Å²) in [5, 5.41) is 3.13. The Balaban J connectivity index is 1.37. The summed E-state index contributed by atoms with van der Waals surface area (Å²) in [4.78, 5) is 26.3. The van der Waals surface area contributed by atoms with Crippen LogP contribution < -0.4 is 10.5 Å². The van der Waals surface area contributed by atoms with E-state index >= 15 is 0 Å². The fourth-order valence-corrected chi connectivity index (χ4v) is 7.25. The standard InChI is InChI=1S/C20H21N3OS2/c24-19-17-12-2-1-3-15(12)26-20(17)22-16(21-19)10-23-8-6-14-13(7-9-25-14)18(23)11-4-5-11/h7,9,11,18H,1-6,8,10H2,(H,21,22,24)/p+1/t18-/m0/s1. The summed E-state index contributed by atoms with van der Waals surface area (Å²) in [6.07, 6.45) is 7.20. The van der Waals surface area contributed by atoms with E-state index in [-0.39, 0.29) is 5.56 Å². The maximum absolute atomic E-state index is 12.8. The first-order valence-corrected chi connectivity index (χ1v) is 11.4. The molecule has 3 aromatic heterocycles. The van der Waals surface area contributed by atoms with Crippen molar-refractivity contribution in [2.24, 2.45) is 5.92 Å². The van der Waals surface area contributed by atoms with Crippen molar-refractivity contribution >= 4 is 32.9 Å². The molecule has 6 heteroatoms. The summed E-state index contributed by atoms with van der Waals surface area (Å²) in [6, 6.07) is 2.94. The van der Waals surface area contributed by atoms with E-state index in [0.29, 0.717) is 6.04 Å². The lowest BCUT2D eigenvalue weighted by atomic mass is 9.96. The maximum atomic E-state index is 12.8. The minimum absolute atomic E-state index is 0.0833. The summed E-state index contributed by atoms with van der Waals surface area (Å²) in [7, 11) is 0. The van der Waals surface area contributed by atoms with E-state index < -0.39 is 0 Å². The summed E-state index contributed by atoms with van der Waals surface area (Å²) >= 11 is 3.66.